The smallest absolute Gasteiger partial charge is 0.117 e. The van der Waals surface area contributed by atoms with Gasteiger partial charge in [-0.1, -0.05) is 5.21 Å². The Kier molecular flexibility index (Phi) is 3.14. The Balaban J connectivity index is 2.17. The van der Waals surface area contributed by atoms with E-state index in [1.807, 2.05) is 12.1 Å². The Morgan fingerprint density at radius 3 is 2.55 bits per heavy atom. The van der Waals surface area contributed by atoms with Gasteiger partial charge in [-0.15, -0.1) is 5.10 Å². The number of nitrogens with zero attached hydrogens (tertiary/aromatic N) is 4. The molecule has 3 aromatic rings. The molecule has 6 nitrogen and oxygen atoms in total. The molecule has 6 heteroatoms. The SMILES string of the molecule is OCc1nnn(-c2ccc(O)cc2)c1-c1cccnc1. The average molecular weight is 268 g/mol. The van der Waals surface area contributed by atoms with Crippen molar-refractivity contribution in [3.8, 4) is 22.7 Å². The van der Waals surface area contributed by atoms with Crippen molar-refractivity contribution in [1.29, 1.82) is 0 Å². The van der Waals surface area contributed by atoms with Crippen molar-refractivity contribution in [3.63, 3.8) is 0 Å². The summed E-state index contributed by atoms with van der Waals surface area (Å²) in [7, 11) is 0. The lowest BCUT2D eigenvalue weighted by Gasteiger charge is -2.07. The number of phenolic OH excluding ortho intramolecular Hbond substituents is 1. The van der Waals surface area contributed by atoms with E-state index in [1.165, 1.54) is 0 Å². The molecule has 100 valence electrons. The molecule has 0 aliphatic heterocycles. The van der Waals surface area contributed by atoms with Gasteiger partial charge in [0.15, 0.2) is 0 Å². The maximum atomic E-state index is 9.41. The third-order valence-corrected chi connectivity index (χ3v) is 2.92. The van der Waals surface area contributed by atoms with Crippen LogP contribution in [0.25, 0.3) is 16.9 Å². The molecule has 2 aromatic heterocycles. The van der Waals surface area contributed by atoms with Crippen molar-refractivity contribution < 1.29 is 10.2 Å². The summed E-state index contributed by atoms with van der Waals surface area (Å²) in [6.45, 7) is -0.206. The molecule has 0 atom stereocenters. The number of rotatable bonds is 3. The first-order valence-corrected chi connectivity index (χ1v) is 6.05. The van der Waals surface area contributed by atoms with Crippen LogP contribution in [0.3, 0.4) is 0 Å². The molecular weight excluding hydrogens is 256 g/mol. The minimum Gasteiger partial charge on any atom is -0.508 e. The molecule has 2 N–H and O–H groups in total. The van der Waals surface area contributed by atoms with E-state index in [-0.39, 0.29) is 12.4 Å². The van der Waals surface area contributed by atoms with Gasteiger partial charge in [-0.3, -0.25) is 4.98 Å². The zero-order valence-electron chi connectivity index (χ0n) is 10.5. The molecule has 0 spiro atoms. The lowest BCUT2D eigenvalue weighted by Crippen LogP contribution is -2.00. The van der Waals surface area contributed by atoms with Gasteiger partial charge in [0.1, 0.15) is 17.1 Å². The number of benzene rings is 1. The van der Waals surface area contributed by atoms with Crippen molar-refractivity contribution in [2.75, 3.05) is 0 Å². The first kappa shape index (κ1) is 12.3. The fourth-order valence-electron chi connectivity index (χ4n) is 1.99. The maximum absolute atomic E-state index is 9.41. The molecule has 0 bridgehead atoms. The zero-order valence-corrected chi connectivity index (χ0v) is 10.5. The van der Waals surface area contributed by atoms with Gasteiger partial charge in [-0.05, 0) is 36.4 Å². The monoisotopic (exact) mass is 268 g/mol. The molecule has 0 saturated heterocycles. The van der Waals surface area contributed by atoms with Crippen LogP contribution in [-0.4, -0.2) is 30.2 Å². The first-order valence-electron chi connectivity index (χ1n) is 6.05. The number of aliphatic hydroxyl groups is 1. The van der Waals surface area contributed by atoms with Crippen LogP contribution in [0.4, 0.5) is 0 Å². The number of hydrogen-bond acceptors (Lipinski definition) is 5. The van der Waals surface area contributed by atoms with Crippen LogP contribution < -0.4 is 0 Å². The Hall–Kier alpha value is -2.73. The highest BCUT2D eigenvalue weighted by Gasteiger charge is 2.15. The van der Waals surface area contributed by atoms with Crippen LogP contribution in [0.5, 0.6) is 5.75 Å². The highest BCUT2D eigenvalue weighted by atomic mass is 16.3. The van der Waals surface area contributed by atoms with E-state index in [0.29, 0.717) is 11.4 Å². The van der Waals surface area contributed by atoms with E-state index < -0.39 is 0 Å². The predicted molar refractivity (Wildman–Crippen MR) is 72.2 cm³/mol. The minimum atomic E-state index is -0.206. The minimum absolute atomic E-state index is 0.180. The lowest BCUT2D eigenvalue weighted by atomic mass is 10.1. The molecule has 0 aliphatic rings. The summed E-state index contributed by atoms with van der Waals surface area (Å²) in [6, 6.07) is 10.3. The van der Waals surface area contributed by atoms with E-state index in [2.05, 4.69) is 15.3 Å². The Labute approximate surface area is 115 Å². The Morgan fingerprint density at radius 1 is 1.10 bits per heavy atom. The molecule has 0 amide bonds. The number of aliphatic hydroxyl groups excluding tert-OH is 1. The third kappa shape index (κ3) is 2.12. The highest BCUT2D eigenvalue weighted by Crippen LogP contribution is 2.25. The van der Waals surface area contributed by atoms with E-state index in [4.69, 9.17) is 0 Å². The summed E-state index contributed by atoms with van der Waals surface area (Å²) in [5, 5.41) is 26.8. The van der Waals surface area contributed by atoms with E-state index >= 15 is 0 Å². The summed E-state index contributed by atoms with van der Waals surface area (Å²) < 4.78 is 1.61. The highest BCUT2D eigenvalue weighted by molar-refractivity contribution is 5.63. The van der Waals surface area contributed by atoms with E-state index in [9.17, 15) is 10.2 Å². The fourth-order valence-corrected chi connectivity index (χ4v) is 1.99. The van der Waals surface area contributed by atoms with Crippen molar-refractivity contribution in [3.05, 3.63) is 54.5 Å². The number of phenols is 1. The summed E-state index contributed by atoms with van der Waals surface area (Å²) in [6.07, 6.45) is 3.37. The molecule has 20 heavy (non-hydrogen) atoms. The maximum Gasteiger partial charge on any atom is 0.117 e. The molecule has 2 heterocycles. The topological polar surface area (TPSA) is 84.1 Å². The van der Waals surface area contributed by atoms with Crippen LogP contribution in [0.1, 0.15) is 5.69 Å². The van der Waals surface area contributed by atoms with Crippen molar-refractivity contribution in [1.82, 2.24) is 20.0 Å². The largest absolute Gasteiger partial charge is 0.508 e. The number of pyridine rings is 1. The molecular formula is C14H12N4O2. The van der Waals surface area contributed by atoms with Crippen LogP contribution in [-0.2, 0) is 6.61 Å². The van der Waals surface area contributed by atoms with Crippen LogP contribution >= 0.6 is 0 Å². The van der Waals surface area contributed by atoms with E-state index in [0.717, 1.165) is 11.3 Å². The fraction of sp³-hybridized carbons (Fsp3) is 0.0714. The molecule has 0 fully saturated rings. The van der Waals surface area contributed by atoms with Gasteiger partial charge in [-0.2, -0.15) is 0 Å². The predicted octanol–water partition coefficient (Wildman–Crippen LogP) is 1.53. The second-order valence-electron chi connectivity index (χ2n) is 4.21. The zero-order chi connectivity index (χ0) is 13.9. The molecule has 1 aromatic carbocycles. The first-order chi connectivity index (χ1) is 9.79. The molecule has 0 saturated carbocycles. The molecule has 3 rings (SSSR count). The van der Waals surface area contributed by atoms with Gasteiger partial charge in [0.2, 0.25) is 0 Å². The summed E-state index contributed by atoms with van der Waals surface area (Å²) in [5.74, 6) is 0.180. The Morgan fingerprint density at radius 2 is 1.90 bits per heavy atom. The second-order valence-corrected chi connectivity index (χ2v) is 4.21. The molecule has 0 unspecified atom stereocenters. The normalized spacial score (nSPS) is 10.7. The van der Waals surface area contributed by atoms with Gasteiger partial charge in [-0.25, -0.2) is 4.68 Å². The lowest BCUT2D eigenvalue weighted by molar-refractivity contribution is 0.277. The van der Waals surface area contributed by atoms with Gasteiger partial charge in [0.25, 0.3) is 0 Å². The molecule has 0 radical (unpaired) electrons. The quantitative estimate of drug-likeness (QED) is 0.752. The van der Waals surface area contributed by atoms with Crippen molar-refractivity contribution in [2.45, 2.75) is 6.61 Å². The number of aromatic nitrogens is 4. The Bertz CT molecular complexity index is 708. The summed E-state index contributed by atoms with van der Waals surface area (Å²) in [5.41, 5.74) is 2.72. The van der Waals surface area contributed by atoms with Crippen LogP contribution in [0.15, 0.2) is 48.8 Å². The van der Waals surface area contributed by atoms with Crippen molar-refractivity contribution >= 4 is 0 Å². The molecule has 0 aliphatic carbocycles. The summed E-state index contributed by atoms with van der Waals surface area (Å²) in [4.78, 5) is 4.07. The average Bonchev–Trinajstić information content (AvgIpc) is 2.93. The van der Waals surface area contributed by atoms with Gasteiger partial charge >= 0.3 is 0 Å². The summed E-state index contributed by atoms with van der Waals surface area (Å²) >= 11 is 0. The van der Waals surface area contributed by atoms with Crippen molar-refractivity contribution in [2.24, 2.45) is 0 Å². The standard InChI is InChI=1S/C14H12N4O2/c19-9-13-14(10-2-1-7-15-8-10)18(17-16-13)11-3-5-12(20)6-4-11/h1-8,19-20H,9H2. The number of aromatic hydroxyl groups is 1. The van der Waals surface area contributed by atoms with Gasteiger partial charge in [0, 0.05) is 18.0 Å². The van der Waals surface area contributed by atoms with Crippen LogP contribution in [0, 0.1) is 0 Å². The third-order valence-electron chi connectivity index (χ3n) is 2.92. The van der Waals surface area contributed by atoms with Gasteiger partial charge in [0.05, 0.1) is 12.3 Å². The second kappa shape index (κ2) is 5.10. The van der Waals surface area contributed by atoms with E-state index in [1.54, 1.807) is 41.3 Å². The number of hydrogen-bond donors (Lipinski definition) is 2. The van der Waals surface area contributed by atoms with Crippen LogP contribution in [0.2, 0.25) is 0 Å². The van der Waals surface area contributed by atoms with Gasteiger partial charge < -0.3 is 10.2 Å².